The van der Waals surface area contributed by atoms with E-state index >= 15 is 0 Å². The van der Waals surface area contributed by atoms with Gasteiger partial charge in [-0.05, 0) is 17.7 Å². The molecule has 0 radical (unpaired) electrons. The van der Waals surface area contributed by atoms with Crippen LogP contribution in [0.15, 0.2) is 39.7 Å². The van der Waals surface area contributed by atoms with Gasteiger partial charge < -0.3 is 70.1 Å². The van der Waals surface area contributed by atoms with E-state index in [-0.39, 0.29) is 16.9 Å². The Balaban J connectivity index is 1.82. The van der Waals surface area contributed by atoms with Crippen molar-refractivity contribution < 1.29 is 70.1 Å². The van der Waals surface area contributed by atoms with Gasteiger partial charge in [0, 0.05) is 0 Å². The van der Waals surface area contributed by atoms with Crippen molar-refractivity contribution in [2.24, 2.45) is 0 Å². The van der Waals surface area contributed by atoms with Gasteiger partial charge in [0.25, 0.3) is 0 Å². The highest BCUT2D eigenvalue weighted by atomic mass is 16.6. The van der Waals surface area contributed by atoms with Crippen LogP contribution in [-0.4, -0.2) is 118 Å². The van der Waals surface area contributed by atoms with Crippen LogP contribution in [-0.2, 0) is 9.47 Å². The lowest BCUT2D eigenvalue weighted by atomic mass is 9.85. The van der Waals surface area contributed by atoms with Crippen LogP contribution in [0, 0.1) is 0 Å². The zero-order valence-electron chi connectivity index (χ0n) is 21.6. The highest BCUT2D eigenvalue weighted by Gasteiger charge is 2.50. The smallest absolute Gasteiger partial charge is 0.204 e. The fourth-order valence-electron chi connectivity index (χ4n) is 5.43. The molecule has 2 aromatic carbocycles. The topological polar surface area (TPSA) is 271 Å². The van der Waals surface area contributed by atoms with Crippen LogP contribution < -0.4 is 5.43 Å². The third-order valence-corrected chi connectivity index (χ3v) is 7.77. The summed E-state index contributed by atoms with van der Waals surface area (Å²) in [5, 5.41) is 114. The van der Waals surface area contributed by atoms with E-state index in [1.165, 1.54) is 24.3 Å². The van der Waals surface area contributed by atoms with Crippen LogP contribution in [0.1, 0.15) is 23.3 Å². The molecule has 3 heterocycles. The molecule has 0 bridgehead atoms. The van der Waals surface area contributed by atoms with Crippen molar-refractivity contribution in [3.05, 3.63) is 51.9 Å². The minimum absolute atomic E-state index is 0.105. The molecule has 5 rings (SSSR count). The average molecular weight is 595 g/mol. The van der Waals surface area contributed by atoms with Crippen molar-refractivity contribution in [2.45, 2.75) is 61.0 Å². The number of rotatable bonds is 5. The Morgan fingerprint density at radius 1 is 0.643 bits per heavy atom. The number of fused-ring (bicyclic) bond motifs is 1. The van der Waals surface area contributed by atoms with E-state index in [4.69, 9.17) is 13.9 Å². The maximum absolute atomic E-state index is 13.8. The van der Waals surface area contributed by atoms with Crippen LogP contribution in [0.2, 0.25) is 0 Å². The largest absolute Gasteiger partial charge is 0.508 e. The maximum Gasteiger partial charge on any atom is 0.204 e. The molecule has 1 aromatic heterocycles. The van der Waals surface area contributed by atoms with Gasteiger partial charge in [-0.3, -0.25) is 4.79 Å². The number of aliphatic hydroxyl groups excluding tert-OH is 8. The van der Waals surface area contributed by atoms with Gasteiger partial charge in [0.15, 0.2) is 5.58 Å². The van der Waals surface area contributed by atoms with Crippen LogP contribution in [0.4, 0.5) is 0 Å². The molecule has 0 aliphatic carbocycles. The molecule has 0 saturated carbocycles. The van der Waals surface area contributed by atoms with Crippen LogP contribution in [0.3, 0.4) is 0 Å². The van der Waals surface area contributed by atoms with Gasteiger partial charge >= 0.3 is 0 Å². The lowest BCUT2D eigenvalue weighted by Gasteiger charge is -2.42. The summed E-state index contributed by atoms with van der Waals surface area (Å²) in [7, 11) is 0. The first-order valence-corrected chi connectivity index (χ1v) is 12.9. The summed E-state index contributed by atoms with van der Waals surface area (Å²) in [5.41, 5.74) is -2.63. The Morgan fingerprint density at radius 2 is 1.14 bits per heavy atom. The fourth-order valence-corrected chi connectivity index (χ4v) is 5.43. The van der Waals surface area contributed by atoms with E-state index in [0.717, 1.165) is 6.26 Å². The summed E-state index contributed by atoms with van der Waals surface area (Å²) in [6.07, 6.45) is -17.2. The Morgan fingerprint density at radius 3 is 1.64 bits per heavy atom. The van der Waals surface area contributed by atoms with Crippen molar-refractivity contribution in [3.8, 4) is 28.4 Å². The summed E-state index contributed by atoms with van der Waals surface area (Å²) in [6, 6.07) is 5.33. The van der Waals surface area contributed by atoms with Crippen molar-refractivity contribution >= 4 is 11.0 Å². The van der Waals surface area contributed by atoms with E-state index < -0.39 is 113 Å². The SMILES string of the molecule is O=c1c(-c2ccc(O)cc2)coc2c([C@H]3O[C@@H](CO)[C@@H](O)[C@@H](O)[C@H]3O)c(O)c([C@@H]3O[C@@H](CO)[C@@H](O)[C@@H](O)[C@H]3O)c(O)c12. The Bertz CT molecular complexity index is 1500. The van der Waals surface area contributed by atoms with Gasteiger partial charge in [-0.15, -0.1) is 0 Å². The number of hydrogen-bond acceptors (Lipinski definition) is 15. The third-order valence-electron chi connectivity index (χ3n) is 7.77. The first-order valence-electron chi connectivity index (χ1n) is 12.9. The molecular formula is C27H30O15. The van der Waals surface area contributed by atoms with Crippen molar-refractivity contribution in [1.82, 2.24) is 0 Å². The molecule has 2 fully saturated rings. The minimum Gasteiger partial charge on any atom is -0.508 e. The molecule has 2 aliphatic rings. The first kappa shape index (κ1) is 30.1. The molecule has 228 valence electrons. The maximum atomic E-state index is 13.8. The molecule has 2 saturated heterocycles. The predicted octanol–water partition coefficient (Wildman–Crippen LogP) is -2.39. The molecule has 11 N–H and O–H groups in total. The van der Waals surface area contributed by atoms with Crippen molar-refractivity contribution in [2.75, 3.05) is 13.2 Å². The van der Waals surface area contributed by atoms with Gasteiger partial charge in [-0.1, -0.05) is 12.1 Å². The number of aliphatic hydroxyl groups is 8. The molecule has 15 nitrogen and oxygen atoms in total. The average Bonchev–Trinajstić information content (AvgIpc) is 2.97. The minimum atomic E-state index is -2.04. The van der Waals surface area contributed by atoms with E-state index in [0.29, 0.717) is 0 Å². The number of benzene rings is 2. The van der Waals surface area contributed by atoms with E-state index in [1.54, 1.807) is 0 Å². The normalized spacial score (nSPS) is 33.6. The monoisotopic (exact) mass is 594 g/mol. The third kappa shape index (κ3) is 4.69. The summed E-state index contributed by atoms with van der Waals surface area (Å²) in [5.74, 6) is -2.09. The molecule has 3 aromatic rings. The fraction of sp³-hybridized carbons (Fsp3) is 0.444. The first-order chi connectivity index (χ1) is 19.9. The summed E-state index contributed by atoms with van der Waals surface area (Å²) in [6.45, 7) is -1.70. The van der Waals surface area contributed by atoms with Crippen LogP contribution >= 0.6 is 0 Å². The van der Waals surface area contributed by atoms with E-state index in [9.17, 15) is 61.0 Å². The molecule has 10 atom stereocenters. The van der Waals surface area contributed by atoms with Crippen LogP contribution in [0.5, 0.6) is 17.2 Å². The second-order valence-corrected chi connectivity index (χ2v) is 10.3. The summed E-state index contributed by atoms with van der Waals surface area (Å²) < 4.78 is 16.8. The predicted molar refractivity (Wildman–Crippen MR) is 138 cm³/mol. The quantitative estimate of drug-likeness (QED) is 0.147. The molecule has 0 spiro atoms. The number of aromatic hydroxyl groups is 3. The lowest BCUT2D eigenvalue weighted by Crippen LogP contribution is -2.55. The molecular weight excluding hydrogens is 564 g/mol. The van der Waals surface area contributed by atoms with Crippen LogP contribution in [0.25, 0.3) is 22.1 Å². The number of hydrogen-bond donors (Lipinski definition) is 11. The summed E-state index contributed by atoms with van der Waals surface area (Å²) in [4.78, 5) is 13.8. The Labute approximate surface area is 235 Å². The highest BCUT2D eigenvalue weighted by molar-refractivity contribution is 5.93. The molecule has 0 unspecified atom stereocenters. The van der Waals surface area contributed by atoms with Gasteiger partial charge in [0.1, 0.15) is 89.9 Å². The zero-order chi connectivity index (χ0) is 30.6. The zero-order valence-corrected chi connectivity index (χ0v) is 21.6. The number of phenolic OH excluding ortho intramolecular Hbond substituents is 3. The van der Waals surface area contributed by atoms with E-state index in [2.05, 4.69) is 0 Å². The second kappa shape index (κ2) is 11.4. The molecule has 2 aliphatic heterocycles. The van der Waals surface area contributed by atoms with Crippen molar-refractivity contribution in [3.63, 3.8) is 0 Å². The molecule has 15 heteroatoms. The van der Waals surface area contributed by atoms with Gasteiger partial charge in [0.05, 0.1) is 29.9 Å². The standard InChI is InChI=1S/C27H30O15/c28-5-11-17(32)21(36)23(38)26(41-11)14-19(34)13-16(31)10(8-1-3-9(30)4-2-8)7-40-25(13)15(20(14)35)27-24(39)22(37)18(33)12(6-29)42-27/h1-4,7,11-12,17-18,21-24,26-30,32-39H,5-6H2/t11-,12-,17+,18+,21+,22+,23+,24+,26-,27+/m0/s1. The van der Waals surface area contributed by atoms with Gasteiger partial charge in [-0.2, -0.15) is 0 Å². The second-order valence-electron chi connectivity index (χ2n) is 10.3. The highest BCUT2D eigenvalue weighted by Crippen LogP contribution is 2.50. The Hall–Kier alpha value is -3.35. The van der Waals surface area contributed by atoms with Crippen molar-refractivity contribution in [1.29, 1.82) is 0 Å². The van der Waals surface area contributed by atoms with E-state index in [1.807, 2.05) is 0 Å². The molecule has 42 heavy (non-hydrogen) atoms. The van der Waals surface area contributed by atoms with Gasteiger partial charge in [-0.25, -0.2) is 0 Å². The van der Waals surface area contributed by atoms with Gasteiger partial charge in [0.2, 0.25) is 5.43 Å². The summed E-state index contributed by atoms with van der Waals surface area (Å²) >= 11 is 0. The molecule has 0 amide bonds. The lowest BCUT2D eigenvalue weighted by molar-refractivity contribution is -0.234. The number of ether oxygens (including phenoxy) is 2. The Kier molecular flexibility index (Phi) is 8.16. The number of phenols is 3.